The number of nitrogens with zero attached hydrogens (tertiary/aromatic N) is 1. The topological polar surface area (TPSA) is 3.24 Å². The molecule has 1 aromatic carbocycles. The predicted molar refractivity (Wildman–Crippen MR) is 50.3 cm³/mol. The van der Waals surface area contributed by atoms with Crippen LogP contribution in [0.3, 0.4) is 0 Å². The molecular weight excluding hydrogens is 121 g/mol. The van der Waals surface area contributed by atoms with Crippen molar-refractivity contribution in [2.75, 3.05) is 19.0 Å². The fourth-order valence-corrected chi connectivity index (χ4v) is 0.676. The maximum Gasteiger partial charge on any atom is 0.0358 e. The van der Waals surface area contributed by atoms with Crippen LogP contribution in [0.2, 0.25) is 0 Å². The van der Waals surface area contributed by atoms with Crippen LogP contribution in [0.1, 0.15) is 0 Å². The van der Waals surface area contributed by atoms with E-state index in [0.717, 1.165) is 0 Å². The summed E-state index contributed by atoms with van der Waals surface area (Å²) >= 11 is 0. The highest BCUT2D eigenvalue weighted by Crippen LogP contribution is 2.06. The molecule has 0 unspecified atom stereocenters. The van der Waals surface area contributed by atoms with Crippen molar-refractivity contribution in [3.05, 3.63) is 24.3 Å². The molecule has 54 valence electrons. The van der Waals surface area contributed by atoms with Gasteiger partial charge in [0, 0.05) is 19.8 Å². The highest BCUT2D eigenvalue weighted by Gasteiger charge is 1.88. The normalized spacial score (nSPS) is 9.50. The fourth-order valence-electron chi connectivity index (χ4n) is 0.676. The van der Waals surface area contributed by atoms with Gasteiger partial charge in [0.2, 0.25) is 0 Å². The summed E-state index contributed by atoms with van der Waals surface area (Å²) in [5.74, 6) is 0. The molecule has 0 atom stereocenters. The Kier molecular flexibility index (Phi) is 2.00. The van der Waals surface area contributed by atoms with Crippen molar-refractivity contribution in [3.8, 4) is 0 Å². The lowest BCUT2D eigenvalue weighted by molar-refractivity contribution is 1.13. The van der Waals surface area contributed by atoms with Gasteiger partial charge >= 0.3 is 0 Å². The molecule has 0 aromatic heterocycles. The zero-order chi connectivity index (χ0) is 7.56. The molecule has 0 saturated carbocycles. The third-order valence-electron chi connectivity index (χ3n) is 1.22. The molecule has 0 spiro atoms. The second-order valence-corrected chi connectivity index (χ2v) is 2.15. The van der Waals surface area contributed by atoms with Gasteiger partial charge in [0.05, 0.1) is 0 Å². The molecule has 0 saturated heterocycles. The maximum absolute atomic E-state index is 2.23. The van der Waals surface area contributed by atoms with Crippen LogP contribution in [-0.4, -0.2) is 21.9 Å². The molecular formula is C8H13BN-. The van der Waals surface area contributed by atoms with Gasteiger partial charge in [-0.2, -0.15) is 0 Å². The van der Waals surface area contributed by atoms with E-state index in [9.17, 15) is 0 Å². The lowest BCUT2D eigenvalue weighted by Gasteiger charge is -2.12. The Morgan fingerprint density at radius 2 is 1.60 bits per heavy atom. The minimum Gasteiger partial charge on any atom is -0.378 e. The van der Waals surface area contributed by atoms with E-state index in [1.54, 1.807) is 5.46 Å². The largest absolute Gasteiger partial charge is 0.378 e. The van der Waals surface area contributed by atoms with Crippen molar-refractivity contribution in [1.29, 1.82) is 0 Å². The van der Waals surface area contributed by atoms with E-state index >= 15 is 0 Å². The Hall–Kier alpha value is -0.915. The van der Waals surface area contributed by atoms with E-state index in [0.29, 0.717) is 7.85 Å². The summed E-state index contributed by atoms with van der Waals surface area (Å²) in [5, 5.41) is 0. The van der Waals surface area contributed by atoms with Gasteiger partial charge in [0.1, 0.15) is 0 Å². The first-order chi connectivity index (χ1) is 4.70. The third-order valence-corrected chi connectivity index (χ3v) is 1.22. The minimum atomic E-state index is 0.391. The van der Waals surface area contributed by atoms with E-state index in [1.807, 2.05) is 0 Å². The second kappa shape index (κ2) is 2.78. The van der Waals surface area contributed by atoms with Crippen LogP contribution < -0.4 is 10.4 Å². The zero-order valence-corrected chi connectivity index (χ0v) is 5.76. The van der Waals surface area contributed by atoms with Gasteiger partial charge in [-0.15, -0.1) is 0 Å². The number of anilines is 1. The fraction of sp³-hybridized carbons (Fsp3) is 0.250. The van der Waals surface area contributed by atoms with Crippen LogP contribution >= 0.6 is 0 Å². The second-order valence-electron chi connectivity index (χ2n) is 2.15. The summed E-state index contributed by atoms with van der Waals surface area (Å²) in [7, 11) is 4.52. The average molecular weight is 134 g/mol. The first-order valence-electron chi connectivity index (χ1n) is 2.94. The molecule has 0 radical (unpaired) electrons. The van der Waals surface area contributed by atoms with Crippen molar-refractivity contribution in [2.45, 2.75) is 0 Å². The first kappa shape index (κ1) is 7.20. The molecule has 1 aromatic rings. The Balaban J connectivity index is 2.89. The van der Waals surface area contributed by atoms with E-state index in [-0.39, 0.29) is 0 Å². The molecule has 0 fully saturated rings. The van der Waals surface area contributed by atoms with Gasteiger partial charge in [0.15, 0.2) is 0 Å². The van der Waals surface area contributed by atoms with Crippen molar-refractivity contribution in [2.24, 2.45) is 0 Å². The minimum absolute atomic E-state index is 0.391. The van der Waals surface area contributed by atoms with E-state index in [2.05, 4.69) is 43.3 Å². The highest BCUT2D eigenvalue weighted by atomic mass is 15.1. The van der Waals surface area contributed by atoms with Crippen LogP contribution in [0.5, 0.6) is 0 Å². The van der Waals surface area contributed by atoms with Gasteiger partial charge in [-0.3, -0.25) is 0 Å². The van der Waals surface area contributed by atoms with E-state index in [4.69, 9.17) is 0 Å². The molecule has 0 aliphatic carbocycles. The van der Waals surface area contributed by atoms with Gasteiger partial charge in [-0.25, -0.2) is 5.46 Å². The quantitative estimate of drug-likeness (QED) is 0.478. The maximum atomic E-state index is 2.23. The molecule has 2 heteroatoms. The summed E-state index contributed by atoms with van der Waals surface area (Å²) in [5.41, 5.74) is 2.86. The monoisotopic (exact) mass is 134 g/mol. The van der Waals surface area contributed by atoms with Crippen LogP contribution in [0.15, 0.2) is 24.3 Å². The molecule has 0 N–H and O–H groups in total. The number of hydrogen-bond acceptors (Lipinski definition) is 1. The Morgan fingerprint density at radius 3 is 2.00 bits per heavy atom. The Bertz CT molecular complexity index is 203. The smallest absolute Gasteiger partial charge is 0.0358 e. The van der Waals surface area contributed by atoms with Crippen molar-refractivity contribution < 1.29 is 0 Å². The SMILES string of the molecule is [BH3-]c1ccc(N(C)C)cc1. The number of hydrogen-bond donors (Lipinski definition) is 0. The molecule has 0 aliphatic heterocycles. The van der Waals surface area contributed by atoms with Gasteiger partial charge in [-0.05, 0) is 20.0 Å². The van der Waals surface area contributed by atoms with Gasteiger partial charge in [0.25, 0.3) is 0 Å². The number of benzene rings is 1. The molecule has 1 nitrogen and oxygen atoms in total. The van der Waals surface area contributed by atoms with Crippen molar-refractivity contribution in [3.63, 3.8) is 0 Å². The third kappa shape index (κ3) is 1.53. The summed E-state index contributed by atoms with van der Waals surface area (Å²) in [6.07, 6.45) is 0. The average Bonchev–Trinajstić information content (AvgIpc) is 1.88. The first-order valence-corrected chi connectivity index (χ1v) is 2.94. The molecule has 0 amide bonds. The highest BCUT2D eigenvalue weighted by molar-refractivity contribution is 6.32. The van der Waals surface area contributed by atoms with E-state index < -0.39 is 0 Å². The molecule has 1 rings (SSSR count). The molecule has 10 heavy (non-hydrogen) atoms. The Morgan fingerprint density at radius 1 is 1.10 bits per heavy atom. The van der Waals surface area contributed by atoms with E-state index in [1.165, 1.54) is 5.69 Å². The van der Waals surface area contributed by atoms with Gasteiger partial charge < -0.3 is 4.90 Å². The van der Waals surface area contributed by atoms with Crippen molar-refractivity contribution >= 4 is 19.0 Å². The summed E-state index contributed by atoms with van der Waals surface area (Å²) in [6, 6.07) is 8.83. The molecule has 0 aliphatic rings. The predicted octanol–water partition coefficient (Wildman–Crippen LogP) is -0.257. The van der Waals surface area contributed by atoms with Crippen molar-refractivity contribution in [1.82, 2.24) is 0 Å². The summed E-state index contributed by atoms with van der Waals surface area (Å²) < 4.78 is 0. The van der Waals surface area contributed by atoms with Crippen LogP contribution in [0.4, 0.5) is 5.69 Å². The molecule has 0 bridgehead atoms. The van der Waals surface area contributed by atoms with Gasteiger partial charge in [-0.1, -0.05) is 12.1 Å². The summed E-state index contributed by atoms with van der Waals surface area (Å²) in [4.78, 5) is 2.12. The number of rotatable bonds is 1. The van der Waals surface area contributed by atoms with Crippen LogP contribution in [-0.2, 0) is 0 Å². The lowest BCUT2D eigenvalue weighted by atomic mass is 9.96. The van der Waals surface area contributed by atoms with Crippen LogP contribution in [0, 0.1) is 0 Å². The molecule has 0 heterocycles. The summed E-state index contributed by atoms with van der Waals surface area (Å²) in [6.45, 7) is 0. The standard InChI is InChI=1S/C8H13BN/c1-10(2)8-5-3-7(9)4-6-8/h3-6H,1-2,9H3/q-1. The lowest BCUT2D eigenvalue weighted by Crippen LogP contribution is -2.10. The van der Waals surface area contributed by atoms with Crippen LogP contribution in [0.25, 0.3) is 0 Å². The zero-order valence-electron chi connectivity index (χ0n) is 5.76. The Labute approximate surface area is 63.1 Å².